The largest absolute Gasteiger partial charge is 0.342 e. The highest BCUT2D eigenvalue weighted by molar-refractivity contribution is 6.30. The number of likely N-dealkylation sites (tertiary alicyclic amines) is 2. The number of halogens is 1. The molecular weight excluding hydrogens is 372 g/mol. The van der Waals surface area contributed by atoms with Crippen LogP contribution in [-0.2, 0) is 15.0 Å². The molecule has 0 N–H and O–H groups in total. The molecule has 4 nitrogen and oxygen atoms in total. The number of hydrogen-bond acceptors (Lipinski definition) is 2. The fourth-order valence-corrected chi connectivity index (χ4v) is 5.77. The molecule has 5 rings (SSSR count). The van der Waals surface area contributed by atoms with E-state index in [1.807, 2.05) is 24.3 Å². The summed E-state index contributed by atoms with van der Waals surface area (Å²) in [6.07, 6.45) is 8.24. The van der Waals surface area contributed by atoms with E-state index in [2.05, 4.69) is 9.80 Å². The zero-order valence-electron chi connectivity index (χ0n) is 16.4. The van der Waals surface area contributed by atoms with Gasteiger partial charge in [0.05, 0.1) is 5.41 Å². The summed E-state index contributed by atoms with van der Waals surface area (Å²) < 4.78 is 0. The van der Waals surface area contributed by atoms with Gasteiger partial charge >= 0.3 is 0 Å². The molecule has 0 radical (unpaired) electrons. The zero-order valence-corrected chi connectivity index (χ0v) is 17.2. The van der Waals surface area contributed by atoms with Crippen molar-refractivity contribution in [3.8, 4) is 0 Å². The van der Waals surface area contributed by atoms with E-state index < -0.39 is 0 Å². The van der Waals surface area contributed by atoms with Crippen molar-refractivity contribution in [1.82, 2.24) is 9.80 Å². The fourth-order valence-electron chi connectivity index (χ4n) is 5.64. The van der Waals surface area contributed by atoms with Crippen LogP contribution >= 0.6 is 11.6 Å². The molecule has 0 bridgehead atoms. The molecule has 2 aliphatic heterocycles. The van der Waals surface area contributed by atoms with E-state index in [0.717, 1.165) is 81.6 Å². The van der Waals surface area contributed by atoms with Gasteiger partial charge in [0.1, 0.15) is 0 Å². The minimum Gasteiger partial charge on any atom is -0.342 e. The number of benzene rings is 1. The number of piperidine rings is 2. The Morgan fingerprint density at radius 1 is 0.964 bits per heavy atom. The van der Waals surface area contributed by atoms with Crippen molar-refractivity contribution < 1.29 is 9.59 Å². The Labute approximate surface area is 172 Å². The van der Waals surface area contributed by atoms with Crippen molar-refractivity contribution in [3.63, 3.8) is 0 Å². The summed E-state index contributed by atoms with van der Waals surface area (Å²) in [6, 6.07) is 8.20. The van der Waals surface area contributed by atoms with Gasteiger partial charge < -0.3 is 9.80 Å². The molecule has 2 heterocycles. The van der Waals surface area contributed by atoms with Crippen LogP contribution in [0, 0.1) is 11.8 Å². The summed E-state index contributed by atoms with van der Waals surface area (Å²) >= 11 is 6.08. The van der Waals surface area contributed by atoms with Gasteiger partial charge in [-0.15, -0.1) is 0 Å². The van der Waals surface area contributed by atoms with Gasteiger partial charge in [-0.25, -0.2) is 0 Å². The van der Waals surface area contributed by atoms with Crippen molar-refractivity contribution >= 4 is 23.4 Å². The van der Waals surface area contributed by atoms with Crippen LogP contribution < -0.4 is 0 Å². The Bertz CT molecular complexity index is 769. The van der Waals surface area contributed by atoms with Crippen LogP contribution in [0.25, 0.3) is 0 Å². The average molecular weight is 401 g/mol. The Hall–Kier alpha value is -1.55. The molecule has 0 spiro atoms. The number of rotatable bonds is 3. The second kappa shape index (κ2) is 7.05. The first-order valence-electron chi connectivity index (χ1n) is 10.9. The van der Waals surface area contributed by atoms with Gasteiger partial charge in [-0.1, -0.05) is 30.2 Å². The Balaban J connectivity index is 1.34. The third-order valence-electron chi connectivity index (χ3n) is 7.58. The van der Waals surface area contributed by atoms with Crippen LogP contribution in [0.15, 0.2) is 24.3 Å². The lowest BCUT2D eigenvalue weighted by molar-refractivity contribution is -0.150. The van der Waals surface area contributed by atoms with Crippen molar-refractivity contribution in [2.75, 3.05) is 19.6 Å². The van der Waals surface area contributed by atoms with E-state index in [1.165, 1.54) is 0 Å². The first-order chi connectivity index (χ1) is 13.6. The van der Waals surface area contributed by atoms with E-state index in [0.29, 0.717) is 29.7 Å². The first-order valence-corrected chi connectivity index (χ1v) is 11.3. The number of carbonyl (C=O) groups is 2. The van der Waals surface area contributed by atoms with Crippen molar-refractivity contribution in [1.29, 1.82) is 0 Å². The number of hydrogen-bond donors (Lipinski definition) is 0. The molecule has 4 aliphatic rings. The number of carbonyl (C=O) groups excluding carboxylic acids is 2. The summed E-state index contributed by atoms with van der Waals surface area (Å²) in [4.78, 5) is 30.6. The maximum absolute atomic E-state index is 13.8. The summed E-state index contributed by atoms with van der Waals surface area (Å²) in [6.45, 7) is 2.53. The topological polar surface area (TPSA) is 40.6 Å². The molecule has 2 aliphatic carbocycles. The fraction of sp³-hybridized carbons (Fsp3) is 0.652. The standard InChI is InChI=1S/C23H29ClN2O2/c24-19-8-6-18(7-9-19)23(11-2-12-23)22(28)26-13-1-3-17-15-25(14-10-20(17)26)21(27)16-4-5-16/h6-9,16-17,20H,1-5,10-15H2/t17-,20+/m1/s1. The Morgan fingerprint density at radius 3 is 2.36 bits per heavy atom. The van der Waals surface area contributed by atoms with E-state index >= 15 is 0 Å². The molecular formula is C23H29ClN2O2. The monoisotopic (exact) mass is 400 g/mol. The van der Waals surface area contributed by atoms with Crippen LogP contribution in [0.4, 0.5) is 0 Å². The number of amides is 2. The van der Waals surface area contributed by atoms with Gasteiger partial charge in [0, 0.05) is 36.6 Å². The summed E-state index contributed by atoms with van der Waals surface area (Å²) in [5.41, 5.74) is 0.768. The quantitative estimate of drug-likeness (QED) is 0.769. The van der Waals surface area contributed by atoms with Gasteiger partial charge in [-0.05, 0) is 68.6 Å². The highest BCUT2D eigenvalue weighted by Gasteiger charge is 2.51. The molecule has 5 heteroatoms. The third-order valence-corrected chi connectivity index (χ3v) is 7.83. The summed E-state index contributed by atoms with van der Waals surface area (Å²) in [7, 11) is 0. The molecule has 2 saturated heterocycles. The summed E-state index contributed by atoms with van der Waals surface area (Å²) in [5, 5.41) is 0.719. The minimum atomic E-state index is -0.354. The maximum atomic E-state index is 13.8. The normalized spacial score (nSPS) is 29.0. The SMILES string of the molecule is O=C(C1CC1)N1CC[C@H]2[C@H](CCCN2C(=O)C2(c3ccc(Cl)cc3)CCC2)C1. The third kappa shape index (κ3) is 3.04. The number of nitrogens with zero attached hydrogens (tertiary/aromatic N) is 2. The predicted octanol–water partition coefficient (Wildman–Crippen LogP) is 4.01. The van der Waals surface area contributed by atoms with Crippen molar-refractivity contribution in [2.45, 2.75) is 62.8 Å². The molecule has 1 aromatic carbocycles. The molecule has 2 atom stereocenters. The van der Waals surface area contributed by atoms with E-state index in [1.54, 1.807) is 0 Å². The van der Waals surface area contributed by atoms with Gasteiger partial charge in [0.15, 0.2) is 0 Å². The van der Waals surface area contributed by atoms with Crippen molar-refractivity contribution in [2.24, 2.45) is 11.8 Å². The molecule has 1 aromatic rings. The lowest BCUT2D eigenvalue weighted by atomic mass is 9.63. The van der Waals surface area contributed by atoms with Gasteiger partial charge in [-0.3, -0.25) is 9.59 Å². The second-order valence-electron chi connectivity index (χ2n) is 9.26. The highest BCUT2D eigenvalue weighted by Crippen LogP contribution is 2.47. The van der Waals surface area contributed by atoms with Gasteiger partial charge in [0.25, 0.3) is 0 Å². The predicted molar refractivity (Wildman–Crippen MR) is 109 cm³/mol. The Morgan fingerprint density at radius 2 is 1.71 bits per heavy atom. The minimum absolute atomic E-state index is 0.293. The first kappa shape index (κ1) is 18.5. The van der Waals surface area contributed by atoms with E-state index in [-0.39, 0.29) is 5.41 Å². The molecule has 28 heavy (non-hydrogen) atoms. The average Bonchev–Trinajstić information content (AvgIpc) is 3.52. The second-order valence-corrected chi connectivity index (χ2v) is 9.69. The molecule has 2 saturated carbocycles. The Kier molecular flexibility index (Phi) is 4.65. The molecule has 0 aromatic heterocycles. The molecule has 2 amide bonds. The summed E-state index contributed by atoms with van der Waals surface area (Å²) in [5.74, 6) is 1.41. The van der Waals surface area contributed by atoms with Gasteiger partial charge in [0.2, 0.25) is 11.8 Å². The van der Waals surface area contributed by atoms with E-state index in [4.69, 9.17) is 11.6 Å². The van der Waals surface area contributed by atoms with Crippen LogP contribution in [0.5, 0.6) is 0 Å². The van der Waals surface area contributed by atoms with Crippen LogP contribution in [-0.4, -0.2) is 47.3 Å². The molecule has 4 fully saturated rings. The smallest absolute Gasteiger partial charge is 0.233 e. The lowest BCUT2D eigenvalue weighted by Gasteiger charge is -2.52. The molecule has 0 unspecified atom stereocenters. The zero-order chi connectivity index (χ0) is 19.3. The van der Waals surface area contributed by atoms with Crippen molar-refractivity contribution in [3.05, 3.63) is 34.9 Å². The van der Waals surface area contributed by atoms with Gasteiger partial charge in [-0.2, -0.15) is 0 Å². The molecule has 150 valence electrons. The van der Waals surface area contributed by atoms with Crippen LogP contribution in [0.3, 0.4) is 0 Å². The lowest BCUT2D eigenvalue weighted by Crippen LogP contribution is -2.61. The van der Waals surface area contributed by atoms with E-state index in [9.17, 15) is 9.59 Å². The highest BCUT2D eigenvalue weighted by atomic mass is 35.5. The number of fused-ring (bicyclic) bond motifs is 1. The maximum Gasteiger partial charge on any atom is 0.233 e. The van der Waals surface area contributed by atoms with Crippen LogP contribution in [0.1, 0.15) is 56.9 Å². The van der Waals surface area contributed by atoms with Crippen LogP contribution in [0.2, 0.25) is 5.02 Å².